The first-order valence-corrected chi connectivity index (χ1v) is 5.12. The maximum Gasteiger partial charge on any atom is 0.115 e. The molecule has 4 N–H and O–H groups in total. The predicted molar refractivity (Wildman–Crippen MR) is 63.5 cm³/mol. The molecule has 1 aromatic carbocycles. The van der Waals surface area contributed by atoms with Crippen LogP contribution in [0.1, 0.15) is 11.6 Å². The first-order chi connectivity index (χ1) is 7.81. The zero-order valence-corrected chi connectivity index (χ0v) is 8.88. The molecule has 0 unspecified atom stereocenters. The van der Waals surface area contributed by atoms with Gasteiger partial charge >= 0.3 is 0 Å². The minimum Gasteiger partial charge on any atom is -0.329 e. The van der Waals surface area contributed by atoms with Crippen LogP contribution in [0.5, 0.6) is 0 Å². The van der Waals surface area contributed by atoms with Gasteiger partial charge in [-0.25, -0.2) is 9.97 Å². The van der Waals surface area contributed by atoms with E-state index in [1.54, 1.807) is 12.4 Å². The van der Waals surface area contributed by atoms with Crippen molar-refractivity contribution in [2.24, 2.45) is 11.5 Å². The van der Waals surface area contributed by atoms with Crippen molar-refractivity contribution in [3.8, 4) is 11.1 Å². The van der Waals surface area contributed by atoms with E-state index in [-0.39, 0.29) is 6.04 Å². The number of rotatable bonds is 3. The smallest absolute Gasteiger partial charge is 0.115 e. The highest BCUT2D eigenvalue weighted by Crippen LogP contribution is 2.19. The van der Waals surface area contributed by atoms with E-state index in [0.29, 0.717) is 6.54 Å². The molecule has 1 aromatic heterocycles. The van der Waals surface area contributed by atoms with Gasteiger partial charge in [-0.3, -0.25) is 0 Å². The monoisotopic (exact) mass is 214 g/mol. The van der Waals surface area contributed by atoms with Crippen LogP contribution < -0.4 is 11.5 Å². The van der Waals surface area contributed by atoms with Crippen molar-refractivity contribution in [2.75, 3.05) is 6.54 Å². The largest absolute Gasteiger partial charge is 0.329 e. The van der Waals surface area contributed by atoms with Crippen molar-refractivity contribution in [1.82, 2.24) is 9.97 Å². The number of nitrogens with zero attached hydrogens (tertiary/aromatic N) is 2. The van der Waals surface area contributed by atoms with Crippen LogP contribution in [0.15, 0.2) is 43.0 Å². The molecule has 0 aliphatic carbocycles. The van der Waals surface area contributed by atoms with Crippen LogP contribution in [0.3, 0.4) is 0 Å². The molecule has 0 spiro atoms. The van der Waals surface area contributed by atoms with E-state index in [4.69, 9.17) is 11.5 Å². The maximum atomic E-state index is 5.83. The summed E-state index contributed by atoms with van der Waals surface area (Å²) in [6.45, 7) is 0.452. The molecular formula is C12H14N4. The van der Waals surface area contributed by atoms with Crippen molar-refractivity contribution in [1.29, 1.82) is 0 Å². The lowest BCUT2D eigenvalue weighted by Crippen LogP contribution is -2.20. The molecule has 0 saturated heterocycles. The van der Waals surface area contributed by atoms with Crippen LogP contribution >= 0.6 is 0 Å². The lowest BCUT2D eigenvalue weighted by atomic mass is 10.0. The molecule has 2 aromatic rings. The molecule has 0 amide bonds. The molecule has 0 aliphatic rings. The van der Waals surface area contributed by atoms with Gasteiger partial charge in [0.25, 0.3) is 0 Å². The summed E-state index contributed by atoms with van der Waals surface area (Å²) in [5.74, 6) is 0. The van der Waals surface area contributed by atoms with Gasteiger partial charge in [0.05, 0.1) is 0 Å². The third-order valence-electron chi connectivity index (χ3n) is 2.49. The van der Waals surface area contributed by atoms with Crippen molar-refractivity contribution in [3.05, 3.63) is 48.5 Å². The minimum absolute atomic E-state index is 0.0962. The second-order valence-electron chi connectivity index (χ2n) is 3.59. The first-order valence-electron chi connectivity index (χ1n) is 5.12. The number of nitrogens with two attached hydrogens (primary N) is 2. The summed E-state index contributed by atoms with van der Waals surface area (Å²) in [5, 5.41) is 0. The second kappa shape index (κ2) is 4.83. The van der Waals surface area contributed by atoms with Gasteiger partial charge in [-0.05, 0) is 11.1 Å². The maximum absolute atomic E-state index is 5.83. The Balaban J connectivity index is 2.26. The van der Waals surface area contributed by atoms with Gasteiger partial charge in [-0.15, -0.1) is 0 Å². The Kier molecular flexibility index (Phi) is 3.24. The fourth-order valence-corrected chi connectivity index (χ4v) is 1.51. The van der Waals surface area contributed by atoms with Gasteiger partial charge in [-0.1, -0.05) is 24.3 Å². The molecule has 82 valence electrons. The Hall–Kier alpha value is -1.78. The Morgan fingerprint density at radius 1 is 1.00 bits per heavy atom. The van der Waals surface area contributed by atoms with E-state index in [0.717, 1.165) is 16.7 Å². The average molecular weight is 214 g/mol. The van der Waals surface area contributed by atoms with Crippen LogP contribution in [0.2, 0.25) is 0 Å². The Labute approximate surface area is 94.3 Å². The molecule has 0 fully saturated rings. The fraction of sp³-hybridized carbons (Fsp3) is 0.167. The zero-order valence-electron chi connectivity index (χ0n) is 8.88. The highest BCUT2D eigenvalue weighted by atomic mass is 14.8. The highest BCUT2D eigenvalue weighted by Gasteiger charge is 2.03. The molecule has 0 saturated carbocycles. The Bertz CT molecular complexity index is 438. The summed E-state index contributed by atoms with van der Waals surface area (Å²) in [4.78, 5) is 7.96. The summed E-state index contributed by atoms with van der Waals surface area (Å²) in [7, 11) is 0. The molecule has 0 bridgehead atoms. The molecule has 0 aliphatic heterocycles. The van der Waals surface area contributed by atoms with Crippen LogP contribution in [0.25, 0.3) is 11.1 Å². The summed E-state index contributed by atoms with van der Waals surface area (Å²) < 4.78 is 0. The zero-order chi connectivity index (χ0) is 11.4. The number of benzene rings is 1. The second-order valence-corrected chi connectivity index (χ2v) is 3.59. The molecule has 16 heavy (non-hydrogen) atoms. The molecular weight excluding hydrogens is 200 g/mol. The van der Waals surface area contributed by atoms with Crippen LogP contribution in [0.4, 0.5) is 0 Å². The summed E-state index contributed by atoms with van der Waals surface area (Å²) in [6, 6.07) is 7.88. The number of hydrogen-bond donors (Lipinski definition) is 2. The summed E-state index contributed by atoms with van der Waals surface area (Å²) >= 11 is 0. The van der Waals surface area contributed by atoms with Crippen molar-refractivity contribution < 1.29 is 0 Å². The first kappa shape index (κ1) is 10.7. The van der Waals surface area contributed by atoms with Crippen molar-refractivity contribution in [3.63, 3.8) is 0 Å². The van der Waals surface area contributed by atoms with Gasteiger partial charge in [0.15, 0.2) is 0 Å². The number of aromatic nitrogens is 2. The van der Waals surface area contributed by atoms with E-state index in [2.05, 4.69) is 9.97 Å². The van der Waals surface area contributed by atoms with E-state index >= 15 is 0 Å². The summed E-state index contributed by atoms with van der Waals surface area (Å²) in [5.41, 5.74) is 14.5. The lowest BCUT2D eigenvalue weighted by Gasteiger charge is -2.09. The number of hydrogen-bond acceptors (Lipinski definition) is 4. The van der Waals surface area contributed by atoms with E-state index in [9.17, 15) is 0 Å². The highest BCUT2D eigenvalue weighted by molar-refractivity contribution is 5.61. The van der Waals surface area contributed by atoms with E-state index in [1.165, 1.54) is 6.33 Å². The third kappa shape index (κ3) is 2.24. The summed E-state index contributed by atoms with van der Waals surface area (Å²) in [6.07, 6.45) is 5.08. The van der Waals surface area contributed by atoms with Crippen molar-refractivity contribution >= 4 is 0 Å². The van der Waals surface area contributed by atoms with Gasteiger partial charge in [0.2, 0.25) is 0 Å². The normalized spacial score (nSPS) is 12.4. The van der Waals surface area contributed by atoms with Gasteiger partial charge in [0.1, 0.15) is 6.33 Å². The van der Waals surface area contributed by atoms with Crippen LogP contribution in [-0.4, -0.2) is 16.5 Å². The molecule has 1 heterocycles. The van der Waals surface area contributed by atoms with E-state index in [1.807, 2.05) is 24.3 Å². The molecule has 4 heteroatoms. The van der Waals surface area contributed by atoms with Gasteiger partial charge in [0, 0.05) is 30.5 Å². The Morgan fingerprint density at radius 2 is 1.62 bits per heavy atom. The van der Waals surface area contributed by atoms with Gasteiger partial charge < -0.3 is 11.5 Å². The quantitative estimate of drug-likeness (QED) is 0.802. The average Bonchev–Trinajstić information content (AvgIpc) is 2.39. The van der Waals surface area contributed by atoms with Gasteiger partial charge in [-0.2, -0.15) is 0 Å². The van der Waals surface area contributed by atoms with Crippen LogP contribution in [0, 0.1) is 0 Å². The van der Waals surface area contributed by atoms with Crippen LogP contribution in [-0.2, 0) is 0 Å². The topological polar surface area (TPSA) is 77.8 Å². The molecule has 4 nitrogen and oxygen atoms in total. The van der Waals surface area contributed by atoms with E-state index < -0.39 is 0 Å². The lowest BCUT2D eigenvalue weighted by molar-refractivity contribution is 0.737. The molecule has 1 atom stereocenters. The molecule has 0 radical (unpaired) electrons. The SMILES string of the molecule is NC[C@@H](N)c1ccc(-c2cncnc2)cc1. The fourth-order valence-electron chi connectivity index (χ4n) is 1.51. The third-order valence-corrected chi connectivity index (χ3v) is 2.49. The predicted octanol–water partition coefficient (Wildman–Crippen LogP) is 1.10. The van der Waals surface area contributed by atoms with Crippen molar-refractivity contribution in [2.45, 2.75) is 6.04 Å². The minimum atomic E-state index is -0.0962. The molecule has 2 rings (SSSR count). The standard InChI is InChI=1S/C12H14N4/c13-5-12(14)10-3-1-9(2-4-10)11-6-15-8-16-7-11/h1-4,6-8,12H,5,13-14H2/t12-/m1/s1. The Morgan fingerprint density at radius 3 is 2.19 bits per heavy atom.